The standard InChI is InChI=1S/C53H39NO/c1-3-16-36(17-4-1)39-30-33-47-52(34-39)55-51-29-14-12-26-46(51)53(47)45-25-11-9-24-43(45)44-32-31-40(35-48(44)53)54(50-28-15-21-38-20-7-8-22-42(38)50)49-27-13-10-23-41(49)37-18-5-2-6-19-37/h2,5-16,18-35H,1,3-4,17H2. The van der Waals surface area contributed by atoms with Crippen LogP contribution in [0.15, 0.2) is 188 Å². The molecule has 2 aliphatic carbocycles. The maximum atomic E-state index is 6.92. The van der Waals surface area contributed by atoms with Crippen molar-refractivity contribution in [3.8, 4) is 33.8 Å². The highest BCUT2D eigenvalue weighted by atomic mass is 16.5. The molecule has 0 radical (unpaired) electrons. The van der Waals surface area contributed by atoms with Gasteiger partial charge in [-0.25, -0.2) is 0 Å². The number of nitrogens with zero attached hydrogens (tertiary/aromatic N) is 1. The van der Waals surface area contributed by atoms with Gasteiger partial charge in [0.25, 0.3) is 0 Å². The molecule has 1 heterocycles. The molecule has 2 heteroatoms. The number of allylic oxidation sites excluding steroid dienone is 2. The van der Waals surface area contributed by atoms with E-state index in [1.54, 1.807) is 0 Å². The van der Waals surface area contributed by atoms with Crippen LogP contribution in [-0.4, -0.2) is 0 Å². The highest BCUT2D eigenvalue weighted by Gasteiger charge is 2.51. The number of fused-ring (bicyclic) bond motifs is 10. The highest BCUT2D eigenvalue weighted by molar-refractivity contribution is 6.02. The van der Waals surface area contributed by atoms with Crippen molar-refractivity contribution in [2.45, 2.75) is 31.1 Å². The predicted molar refractivity (Wildman–Crippen MR) is 228 cm³/mol. The number of rotatable bonds is 5. The largest absolute Gasteiger partial charge is 0.457 e. The Morgan fingerprint density at radius 3 is 2.05 bits per heavy atom. The molecule has 0 bridgehead atoms. The third-order valence-electron chi connectivity index (χ3n) is 12.1. The number of ether oxygens (including phenoxy) is 1. The fraction of sp³-hybridized carbons (Fsp3) is 0.0943. The third kappa shape index (κ3) is 4.88. The quantitative estimate of drug-likeness (QED) is 0.177. The molecule has 0 amide bonds. The van der Waals surface area contributed by atoms with Crippen LogP contribution in [0, 0.1) is 0 Å². The molecule has 8 aromatic rings. The van der Waals surface area contributed by atoms with E-state index in [1.807, 2.05) is 0 Å². The van der Waals surface area contributed by atoms with Gasteiger partial charge < -0.3 is 9.64 Å². The molecule has 1 atom stereocenters. The second-order valence-electron chi connectivity index (χ2n) is 15.0. The summed E-state index contributed by atoms with van der Waals surface area (Å²) in [6.07, 6.45) is 7.19. The first-order chi connectivity index (χ1) is 27.3. The minimum atomic E-state index is -0.574. The van der Waals surface area contributed by atoms with Gasteiger partial charge in [-0.05, 0) is 106 Å². The highest BCUT2D eigenvalue weighted by Crippen LogP contribution is 2.63. The number of hydrogen-bond acceptors (Lipinski definition) is 2. The summed E-state index contributed by atoms with van der Waals surface area (Å²) in [5.41, 5.74) is 15.4. The van der Waals surface area contributed by atoms with Gasteiger partial charge in [0, 0.05) is 27.8 Å². The van der Waals surface area contributed by atoms with Gasteiger partial charge in [0.2, 0.25) is 0 Å². The molecular formula is C53H39NO. The molecule has 1 aliphatic heterocycles. The summed E-state index contributed by atoms with van der Waals surface area (Å²) >= 11 is 0. The number of benzene rings is 8. The van der Waals surface area contributed by atoms with Crippen LogP contribution >= 0.6 is 0 Å². The molecule has 0 saturated carbocycles. The molecule has 11 rings (SSSR count). The van der Waals surface area contributed by atoms with E-state index in [2.05, 4.69) is 193 Å². The lowest BCUT2D eigenvalue weighted by Gasteiger charge is -2.40. The first-order valence-electron chi connectivity index (χ1n) is 19.6. The molecule has 8 aromatic carbocycles. The lowest BCUT2D eigenvalue weighted by atomic mass is 9.66. The minimum Gasteiger partial charge on any atom is -0.457 e. The third-order valence-corrected chi connectivity index (χ3v) is 12.1. The van der Waals surface area contributed by atoms with E-state index >= 15 is 0 Å². The van der Waals surface area contributed by atoms with Gasteiger partial charge in [-0.15, -0.1) is 0 Å². The Balaban J connectivity index is 1.20. The lowest BCUT2D eigenvalue weighted by Crippen LogP contribution is -2.32. The first kappa shape index (κ1) is 31.8. The van der Waals surface area contributed by atoms with Crippen LogP contribution in [0.5, 0.6) is 11.5 Å². The molecule has 0 N–H and O–H groups in total. The summed E-state index contributed by atoms with van der Waals surface area (Å²) in [5.74, 6) is 1.86. The van der Waals surface area contributed by atoms with E-state index in [1.165, 1.54) is 79.3 Å². The van der Waals surface area contributed by atoms with Crippen LogP contribution in [0.25, 0.3) is 38.6 Å². The monoisotopic (exact) mass is 705 g/mol. The molecular weight excluding hydrogens is 667 g/mol. The second kappa shape index (κ2) is 12.7. The van der Waals surface area contributed by atoms with Crippen LogP contribution in [0.3, 0.4) is 0 Å². The molecule has 0 aromatic heterocycles. The Hall–Kier alpha value is -6.64. The van der Waals surface area contributed by atoms with Gasteiger partial charge in [0.15, 0.2) is 0 Å². The van der Waals surface area contributed by atoms with Crippen molar-refractivity contribution >= 4 is 33.4 Å². The van der Waals surface area contributed by atoms with Gasteiger partial charge in [0.1, 0.15) is 11.5 Å². The summed E-state index contributed by atoms with van der Waals surface area (Å²) in [6, 6.07) is 66.9. The molecule has 55 heavy (non-hydrogen) atoms. The Bertz CT molecular complexity index is 2810. The van der Waals surface area contributed by atoms with Crippen molar-refractivity contribution in [1.29, 1.82) is 0 Å². The van der Waals surface area contributed by atoms with E-state index in [-0.39, 0.29) is 0 Å². The molecule has 0 saturated heterocycles. The van der Waals surface area contributed by atoms with E-state index in [4.69, 9.17) is 4.74 Å². The number of para-hydroxylation sites is 2. The smallest absolute Gasteiger partial charge is 0.132 e. The summed E-state index contributed by atoms with van der Waals surface area (Å²) in [7, 11) is 0. The fourth-order valence-corrected chi connectivity index (χ4v) is 9.67. The Labute approximate surface area is 322 Å². The topological polar surface area (TPSA) is 12.5 Å². The van der Waals surface area contributed by atoms with Gasteiger partial charge in [-0.1, -0.05) is 152 Å². The van der Waals surface area contributed by atoms with Gasteiger partial charge >= 0.3 is 0 Å². The Kier molecular flexibility index (Phi) is 7.38. The minimum absolute atomic E-state index is 0.574. The molecule has 3 aliphatic rings. The van der Waals surface area contributed by atoms with Crippen molar-refractivity contribution in [3.05, 3.63) is 216 Å². The van der Waals surface area contributed by atoms with E-state index < -0.39 is 5.41 Å². The average molecular weight is 706 g/mol. The van der Waals surface area contributed by atoms with Crippen LogP contribution in [-0.2, 0) is 5.41 Å². The van der Waals surface area contributed by atoms with E-state index in [0.29, 0.717) is 0 Å². The summed E-state index contributed by atoms with van der Waals surface area (Å²) in [4.78, 5) is 2.48. The molecule has 262 valence electrons. The van der Waals surface area contributed by atoms with Crippen LogP contribution in [0.1, 0.15) is 53.5 Å². The van der Waals surface area contributed by atoms with Crippen molar-refractivity contribution in [1.82, 2.24) is 0 Å². The van der Waals surface area contributed by atoms with E-state index in [9.17, 15) is 0 Å². The van der Waals surface area contributed by atoms with Crippen molar-refractivity contribution in [2.24, 2.45) is 0 Å². The normalized spacial score (nSPS) is 16.4. The zero-order valence-electron chi connectivity index (χ0n) is 30.6. The second-order valence-corrected chi connectivity index (χ2v) is 15.0. The summed E-state index contributed by atoms with van der Waals surface area (Å²) in [6.45, 7) is 0. The maximum absolute atomic E-state index is 6.92. The summed E-state index contributed by atoms with van der Waals surface area (Å²) < 4.78 is 6.92. The van der Waals surface area contributed by atoms with Gasteiger partial charge in [-0.2, -0.15) is 0 Å². The zero-order valence-corrected chi connectivity index (χ0v) is 30.6. The summed E-state index contributed by atoms with van der Waals surface area (Å²) in [5, 5.41) is 2.42. The van der Waals surface area contributed by atoms with Crippen molar-refractivity contribution < 1.29 is 4.74 Å². The van der Waals surface area contributed by atoms with Crippen molar-refractivity contribution in [3.63, 3.8) is 0 Å². The molecule has 0 fully saturated rings. The average Bonchev–Trinajstić information content (AvgIpc) is 3.54. The Morgan fingerprint density at radius 2 is 1.16 bits per heavy atom. The van der Waals surface area contributed by atoms with Gasteiger partial charge in [0.05, 0.1) is 16.8 Å². The molecule has 2 nitrogen and oxygen atoms in total. The van der Waals surface area contributed by atoms with Crippen LogP contribution in [0.2, 0.25) is 0 Å². The first-order valence-corrected chi connectivity index (χ1v) is 19.6. The molecule has 1 unspecified atom stereocenters. The van der Waals surface area contributed by atoms with Crippen LogP contribution in [0.4, 0.5) is 17.1 Å². The van der Waals surface area contributed by atoms with E-state index in [0.717, 1.165) is 41.4 Å². The zero-order chi connectivity index (χ0) is 36.3. The number of anilines is 3. The predicted octanol–water partition coefficient (Wildman–Crippen LogP) is 14.4. The van der Waals surface area contributed by atoms with Crippen LogP contribution < -0.4 is 9.64 Å². The van der Waals surface area contributed by atoms with Crippen molar-refractivity contribution in [2.75, 3.05) is 4.90 Å². The Morgan fingerprint density at radius 1 is 0.455 bits per heavy atom. The maximum Gasteiger partial charge on any atom is 0.132 e. The van der Waals surface area contributed by atoms with Gasteiger partial charge in [-0.3, -0.25) is 0 Å². The number of hydrogen-bond donors (Lipinski definition) is 0. The lowest BCUT2D eigenvalue weighted by molar-refractivity contribution is 0.436. The fourth-order valence-electron chi connectivity index (χ4n) is 9.67. The molecule has 1 spiro atoms. The SMILES string of the molecule is C1=C(c2ccc3c(c2)Oc2ccccc2C32c3ccccc3-c3ccc(N(c4ccccc4-c4ccccc4)c4cccc5ccccc45)cc32)CCCC1.